The first kappa shape index (κ1) is 21.3. The lowest BCUT2D eigenvalue weighted by Gasteiger charge is -2.43. The van der Waals surface area contributed by atoms with E-state index in [1.807, 2.05) is 32.2 Å². The Bertz CT molecular complexity index is 746. The molecule has 2 saturated heterocycles. The summed E-state index contributed by atoms with van der Waals surface area (Å²) in [5.74, 6) is 0.820. The highest BCUT2D eigenvalue weighted by atomic mass is 32.1. The van der Waals surface area contributed by atoms with Crippen molar-refractivity contribution in [2.24, 2.45) is 5.92 Å². The van der Waals surface area contributed by atoms with Crippen LogP contribution in [0.25, 0.3) is 0 Å². The van der Waals surface area contributed by atoms with Crippen molar-refractivity contribution in [2.45, 2.75) is 38.6 Å². The normalized spacial score (nSPS) is 22.4. The first-order valence-corrected chi connectivity index (χ1v) is 12.0. The maximum atomic E-state index is 13.6. The van der Waals surface area contributed by atoms with E-state index >= 15 is 0 Å². The molecule has 3 aliphatic rings. The second-order valence-electron chi connectivity index (χ2n) is 8.63. The van der Waals surface area contributed by atoms with Crippen LogP contribution in [0.2, 0.25) is 0 Å². The van der Waals surface area contributed by atoms with Crippen molar-refractivity contribution in [2.75, 3.05) is 52.4 Å². The zero-order valence-electron chi connectivity index (χ0n) is 17.8. The van der Waals surface area contributed by atoms with Gasteiger partial charge in [0.15, 0.2) is 0 Å². The molecule has 1 aromatic heterocycles. The van der Waals surface area contributed by atoms with Crippen LogP contribution in [0.1, 0.15) is 42.3 Å². The Labute approximate surface area is 182 Å². The number of carbonyl (C=O) groups is 3. The second-order valence-corrected chi connectivity index (χ2v) is 9.57. The topological polar surface area (TPSA) is 64.2 Å². The molecule has 1 saturated carbocycles. The number of hydrogen-bond acceptors (Lipinski definition) is 5. The van der Waals surface area contributed by atoms with Gasteiger partial charge in [0.05, 0.1) is 10.9 Å². The predicted octanol–water partition coefficient (Wildman–Crippen LogP) is 1.76. The van der Waals surface area contributed by atoms with Gasteiger partial charge in [-0.25, -0.2) is 0 Å². The summed E-state index contributed by atoms with van der Waals surface area (Å²) in [7, 11) is 0. The molecule has 1 aromatic rings. The number of carbonyl (C=O) groups excluding carboxylic acids is 3. The van der Waals surface area contributed by atoms with Crippen LogP contribution in [-0.2, 0) is 9.59 Å². The van der Waals surface area contributed by atoms with Crippen molar-refractivity contribution in [3.05, 3.63) is 22.4 Å². The Balaban J connectivity index is 1.40. The zero-order valence-corrected chi connectivity index (χ0v) is 18.6. The number of hydrogen-bond donors (Lipinski definition) is 0. The number of thiophene rings is 1. The summed E-state index contributed by atoms with van der Waals surface area (Å²) in [6.45, 7) is 6.93. The van der Waals surface area contributed by atoms with Crippen molar-refractivity contribution < 1.29 is 14.4 Å². The summed E-state index contributed by atoms with van der Waals surface area (Å²) in [5.41, 5.74) is 0. The zero-order chi connectivity index (χ0) is 21.1. The van der Waals surface area contributed by atoms with Crippen LogP contribution in [0.15, 0.2) is 17.5 Å². The largest absolute Gasteiger partial charge is 0.339 e. The standard InChI is InChI=1S/C22H32N4O3S/c1-17(27)23-8-12-26(13-9-23)22(29)20(18-5-2-3-6-18)24-10-14-25(15-11-24)21(28)19-7-4-16-30-19/h4,7,16,18,20H,2-3,5-6,8-15H2,1H3. The molecule has 2 aliphatic heterocycles. The van der Waals surface area contributed by atoms with Crippen LogP contribution >= 0.6 is 11.3 Å². The van der Waals surface area contributed by atoms with Gasteiger partial charge in [-0.1, -0.05) is 18.9 Å². The average Bonchev–Trinajstić information content (AvgIpc) is 3.48. The van der Waals surface area contributed by atoms with Gasteiger partial charge in [-0.2, -0.15) is 0 Å². The molecule has 0 N–H and O–H groups in total. The third-order valence-corrected chi connectivity index (χ3v) is 7.72. The SMILES string of the molecule is CC(=O)N1CCN(C(=O)C(C2CCCC2)N2CCN(C(=O)c3cccs3)CC2)CC1. The highest BCUT2D eigenvalue weighted by molar-refractivity contribution is 7.12. The second kappa shape index (κ2) is 9.47. The van der Waals surface area contributed by atoms with Crippen LogP contribution in [0.3, 0.4) is 0 Å². The lowest BCUT2D eigenvalue weighted by atomic mass is 9.94. The van der Waals surface area contributed by atoms with E-state index in [2.05, 4.69) is 4.90 Å². The predicted molar refractivity (Wildman–Crippen MR) is 116 cm³/mol. The molecule has 8 heteroatoms. The maximum absolute atomic E-state index is 13.6. The van der Waals surface area contributed by atoms with Gasteiger partial charge in [-0.05, 0) is 30.2 Å². The van der Waals surface area contributed by atoms with E-state index < -0.39 is 0 Å². The van der Waals surface area contributed by atoms with E-state index in [9.17, 15) is 14.4 Å². The minimum atomic E-state index is -0.0876. The Morgan fingerprint density at radius 1 is 0.900 bits per heavy atom. The summed E-state index contributed by atoms with van der Waals surface area (Å²) in [6, 6.07) is 3.70. The molecule has 0 spiro atoms. The van der Waals surface area contributed by atoms with Crippen LogP contribution < -0.4 is 0 Å². The number of amides is 3. The van der Waals surface area contributed by atoms with Crippen LogP contribution in [0.5, 0.6) is 0 Å². The highest BCUT2D eigenvalue weighted by Gasteiger charge is 2.40. The van der Waals surface area contributed by atoms with E-state index in [4.69, 9.17) is 0 Å². The van der Waals surface area contributed by atoms with E-state index in [0.29, 0.717) is 45.2 Å². The van der Waals surface area contributed by atoms with Gasteiger partial charge < -0.3 is 14.7 Å². The van der Waals surface area contributed by atoms with E-state index in [1.165, 1.54) is 24.2 Å². The molecule has 7 nitrogen and oxygen atoms in total. The molecular formula is C22H32N4O3S. The van der Waals surface area contributed by atoms with Crippen LogP contribution in [0.4, 0.5) is 0 Å². The molecule has 0 bridgehead atoms. The van der Waals surface area contributed by atoms with Gasteiger partial charge in [0.25, 0.3) is 5.91 Å². The molecule has 3 amide bonds. The molecule has 1 aliphatic carbocycles. The highest BCUT2D eigenvalue weighted by Crippen LogP contribution is 2.32. The fourth-order valence-electron chi connectivity index (χ4n) is 5.12. The molecule has 1 atom stereocenters. The smallest absolute Gasteiger partial charge is 0.264 e. The first-order valence-electron chi connectivity index (χ1n) is 11.2. The number of nitrogens with zero attached hydrogens (tertiary/aromatic N) is 4. The Hall–Kier alpha value is -1.93. The van der Waals surface area contributed by atoms with Gasteiger partial charge in [0, 0.05) is 59.3 Å². The fourth-order valence-corrected chi connectivity index (χ4v) is 5.81. The summed E-state index contributed by atoms with van der Waals surface area (Å²) in [5, 5.41) is 1.93. The first-order chi connectivity index (χ1) is 14.5. The van der Waals surface area contributed by atoms with Crippen molar-refractivity contribution in [3.8, 4) is 0 Å². The molecule has 0 aromatic carbocycles. The molecule has 3 fully saturated rings. The molecule has 1 unspecified atom stereocenters. The molecule has 30 heavy (non-hydrogen) atoms. The van der Waals surface area contributed by atoms with Gasteiger partial charge in [0.2, 0.25) is 11.8 Å². The summed E-state index contributed by atoms with van der Waals surface area (Å²) in [6.07, 6.45) is 4.61. The van der Waals surface area contributed by atoms with Gasteiger partial charge in [-0.15, -0.1) is 11.3 Å². The van der Waals surface area contributed by atoms with E-state index in [0.717, 1.165) is 30.8 Å². The summed E-state index contributed by atoms with van der Waals surface area (Å²) >= 11 is 1.48. The minimum Gasteiger partial charge on any atom is -0.339 e. The van der Waals surface area contributed by atoms with Crippen molar-refractivity contribution >= 4 is 29.1 Å². The summed E-state index contributed by atoms with van der Waals surface area (Å²) in [4.78, 5) is 46.7. The minimum absolute atomic E-state index is 0.0842. The lowest BCUT2D eigenvalue weighted by Crippen LogP contribution is -2.60. The van der Waals surface area contributed by atoms with Gasteiger partial charge >= 0.3 is 0 Å². The van der Waals surface area contributed by atoms with Crippen molar-refractivity contribution in [1.29, 1.82) is 0 Å². The quantitative estimate of drug-likeness (QED) is 0.727. The average molecular weight is 433 g/mol. The van der Waals surface area contributed by atoms with E-state index in [-0.39, 0.29) is 23.8 Å². The molecule has 3 heterocycles. The Kier molecular flexibility index (Phi) is 6.73. The third-order valence-electron chi connectivity index (χ3n) is 6.86. The van der Waals surface area contributed by atoms with Crippen molar-refractivity contribution in [1.82, 2.24) is 19.6 Å². The van der Waals surface area contributed by atoms with E-state index in [1.54, 1.807) is 6.92 Å². The van der Waals surface area contributed by atoms with Gasteiger partial charge in [0.1, 0.15) is 0 Å². The van der Waals surface area contributed by atoms with Crippen LogP contribution in [0, 0.1) is 5.92 Å². The number of rotatable bonds is 4. The molecule has 164 valence electrons. The maximum Gasteiger partial charge on any atom is 0.264 e. The lowest BCUT2D eigenvalue weighted by molar-refractivity contribution is -0.144. The summed E-state index contributed by atoms with van der Waals surface area (Å²) < 4.78 is 0. The fraction of sp³-hybridized carbons (Fsp3) is 0.682. The van der Waals surface area contributed by atoms with Gasteiger partial charge in [-0.3, -0.25) is 19.3 Å². The third kappa shape index (κ3) is 4.54. The molecule has 4 rings (SSSR count). The Morgan fingerprint density at radius 3 is 2.07 bits per heavy atom. The number of piperazine rings is 2. The monoisotopic (exact) mass is 432 g/mol. The van der Waals surface area contributed by atoms with Crippen LogP contribution in [-0.4, -0.2) is 95.7 Å². The Morgan fingerprint density at radius 2 is 1.50 bits per heavy atom. The molecular weight excluding hydrogens is 400 g/mol. The molecule has 0 radical (unpaired) electrons. The van der Waals surface area contributed by atoms with Crippen molar-refractivity contribution in [3.63, 3.8) is 0 Å².